The molecule has 0 aliphatic carbocycles. The van der Waals surface area contributed by atoms with Gasteiger partial charge in [-0.05, 0) is 24.3 Å². The molecule has 19 heavy (non-hydrogen) atoms. The highest BCUT2D eigenvalue weighted by Crippen LogP contribution is 2.25. The van der Waals surface area contributed by atoms with Crippen molar-refractivity contribution in [3.05, 3.63) is 52.2 Å². The van der Waals surface area contributed by atoms with Crippen molar-refractivity contribution in [1.29, 1.82) is 0 Å². The van der Waals surface area contributed by atoms with E-state index < -0.39 is 11.7 Å². The number of carboxylic acid groups (broad SMARTS) is 1. The van der Waals surface area contributed by atoms with Gasteiger partial charge in [-0.15, -0.1) is 0 Å². The first-order valence-electron chi connectivity index (χ1n) is 5.50. The van der Waals surface area contributed by atoms with E-state index in [1.54, 1.807) is 24.3 Å². The predicted octanol–water partition coefficient (Wildman–Crippen LogP) is 2.35. The highest BCUT2D eigenvalue weighted by atomic mass is 16.4. The number of hydrogen-bond donors (Lipinski definition) is 2. The maximum Gasteiger partial charge on any atom is 0.339 e. The molecule has 0 aliphatic rings. The number of rotatable bonds is 1. The number of carboxylic acids is 1. The summed E-state index contributed by atoms with van der Waals surface area (Å²) in [5.41, 5.74) is -0.0871. The fraction of sp³-hybridized carbons (Fsp3) is 0. The third kappa shape index (κ3) is 1.63. The van der Waals surface area contributed by atoms with Gasteiger partial charge >= 0.3 is 5.97 Å². The third-order valence-electron chi connectivity index (χ3n) is 2.92. The Labute approximate surface area is 106 Å². The number of aromatic carboxylic acids is 1. The summed E-state index contributed by atoms with van der Waals surface area (Å²) in [4.78, 5) is 23.1. The van der Waals surface area contributed by atoms with Gasteiger partial charge in [-0.3, -0.25) is 4.79 Å². The van der Waals surface area contributed by atoms with Gasteiger partial charge in [0.05, 0.1) is 10.8 Å². The monoisotopic (exact) mass is 256 g/mol. The van der Waals surface area contributed by atoms with Crippen molar-refractivity contribution in [3.63, 3.8) is 0 Å². The lowest BCUT2D eigenvalue weighted by atomic mass is 10.1. The lowest BCUT2D eigenvalue weighted by Crippen LogP contribution is -2.04. The van der Waals surface area contributed by atoms with E-state index in [4.69, 9.17) is 9.52 Å². The first-order valence-corrected chi connectivity index (χ1v) is 5.50. The summed E-state index contributed by atoms with van der Waals surface area (Å²) in [6.45, 7) is 0. The van der Waals surface area contributed by atoms with Crippen LogP contribution < -0.4 is 5.43 Å². The number of aromatic hydroxyl groups is 1. The molecule has 94 valence electrons. The van der Waals surface area contributed by atoms with Crippen LogP contribution in [0.15, 0.2) is 45.6 Å². The van der Waals surface area contributed by atoms with E-state index in [0.717, 1.165) is 12.1 Å². The summed E-state index contributed by atoms with van der Waals surface area (Å²) in [6.07, 6.45) is 0. The molecule has 5 heteroatoms. The number of benzene rings is 2. The van der Waals surface area contributed by atoms with Gasteiger partial charge in [-0.1, -0.05) is 12.1 Å². The molecule has 0 bridgehead atoms. The zero-order valence-electron chi connectivity index (χ0n) is 9.58. The Hall–Kier alpha value is -2.82. The minimum absolute atomic E-state index is 0.138. The topological polar surface area (TPSA) is 87.7 Å². The van der Waals surface area contributed by atoms with Crippen LogP contribution in [0.4, 0.5) is 0 Å². The quantitative estimate of drug-likeness (QED) is 0.652. The molecule has 5 nitrogen and oxygen atoms in total. The Morgan fingerprint density at radius 3 is 2.53 bits per heavy atom. The predicted molar refractivity (Wildman–Crippen MR) is 68.6 cm³/mol. The molecule has 3 aromatic rings. The van der Waals surface area contributed by atoms with Crippen molar-refractivity contribution in [3.8, 4) is 5.75 Å². The van der Waals surface area contributed by atoms with Crippen LogP contribution in [-0.2, 0) is 0 Å². The normalized spacial score (nSPS) is 10.9. The lowest BCUT2D eigenvalue weighted by Gasteiger charge is -2.04. The van der Waals surface area contributed by atoms with E-state index in [0.29, 0.717) is 11.0 Å². The molecule has 0 saturated heterocycles. The molecule has 2 aromatic carbocycles. The van der Waals surface area contributed by atoms with Crippen molar-refractivity contribution in [2.24, 2.45) is 0 Å². The van der Waals surface area contributed by atoms with Crippen molar-refractivity contribution in [2.45, 2.75) is 0 Å². The van der Waals surface area contributed by atoms with Crippen molar-refractivity contribution in [1.82, 2.24) is 0 Å². The molecular weight excluding hydrogens is 248 g/mol. The van der Waals surface area contributed by atoms with Crippen LogP contribution in [0, 0.1) is 0 Å². The molecule has 0 atom stereocenters. The average molecular weight is 256 g/mol. The third-order valence-corrected chi connectivity index (χ3v) is 2.92. The molecule has 1 aromatic heterocycles. The molecule has 0 fully saturated rings. The van der Waals surface area contributed by atoms with E-state index in [2.05, 4.69) is 0 Å². The molecule has 0 spiro atoms. The fourth-order valence-corrected chi connectivity index (χ4v) is 2.01. The van der Waals surface area contributed by atoms with Crippen molar-refractivity contribution < 1.29 is 19.4 Å². The number of carbonyl (C=O) groups is 1. The van der Waals surface area contributed by atoms with E-state index in [1.807, 2.05) is 0 Å². The molecule has 0 unspecified atom stereocenters. The van der Waals surface area contributed by atoms with Crippen LogP contribution in [0.1, 0.15) is 10.4 Å². The molecule has 3 rings (SSSR count). The minimum Gasteiger partial charge on any atom is -0.507 e. The zero-order valence-corrected chi connectivity index (χ0v) is 9.58. The Balaban J connectivity index is 2.52. The second kappa shape index (κ2) is 3.84. The number of hydrogen-bond acceptors (Lipinski definition) is 4. The van der Waals surface area contributed by atoms with E-state index in [1.165, 1.54) is 0 Å². The van der Waals surface area contributed by atoms with E-state index in [-0.39, 0.29) is 22.0 Å². The Morgan fingerprint density at radius 1 is 1.05 bits per heavy atom. The molecule has 0 amide bonds. The van der Waals surface area contributed by atoms with Crippen LogP contribution in [0.5, 0.6) is 5.75 Å². The van der Waals surface area contributed by atoms with Crippen LogP contribution in [0.3, 0.4) is 0 Å². The summed E-state index contributed by atoms with van der Waals surface area (Å²) >= 11 is 0. The zero-order chi connectivity index (χ0) is 13.6. The summed E-state index contributed by atoms with van der Waals surface area (Å²) in [7, 11) is 0. The molecule has 0 aliphatic heterocycles. The summed E-state index contributed by atoms with van der Waals surface area (Å²) in [5.74, 6) is -1.74. The molecule has 0 saturated carbocycles. The first kappa shape index (κ1) is 11.3. The maximum absolute atomic E-state index is 12.2. The van der Waals surface area contributed by atoms with Crippen LogP contribution in [0.2, 0.25) is 0 Å². The second-order valence-corrected chi connectivity index (χ2v) is 4.10. The summed E-state index contributed by atoms with van der Waals surface area (Å²) in [6, 6.07) is 8.94. The minimum atomic E-state index is -1.28. The Kier molecular flexibility index (Phi) is 2.28. The van der Waals surface area contributed by atoms with Gasteiger partial charge < -0.3 is 14.6 Å². The van der Waals surface area contributed by atoms with Gasteiger partial charge in [-0.25, -0.2) is 4.79 Å². The summed E-state index contributed by atoms with van der Waals surface area (Å²) in [5, 5.41) is 19.1. The fourth-order valence-electron chi connectivity index (χ4n) is 2.01. The molecule has 0 radical (unpaired) electrons. The van der Waals surface area contributed by atoms with Gasteiger partial charge in [0.1, 0.15) is 22.5 Å². The standard InChI is InChI=1S/C14H8O5/c15-10-5-9-12(6-8(10)14(17)18)19-11-4-2-1-3-7(11)13(9)16/h1-6,15H,(H,17,18). The van der Waals surface area contributed by atoms with Crippen LogP contribution in [0.25, 0.3) is 21.9 Å². The number of fused-ring (bicyclic) bond motifs is 2. The largest absolute Gasteiger partial charge is 0.507 e. The Bertz CT molecular complexity index is 876. The van der Waals surface area contributed by atoms with E-state index >= 15 is 0 Å². The highest BCUT2D eigenvalue weighted by molar-refractivity contribution is 5.98. The smallest absolute Gasteiger partial charge is 0.339 e. The SMILES string of the molecule is O=C(O)c1cc2oc3ccccc3c(=O)c2cc1O. The van der Waals surface area contributed by atoms with Crippen molar-refractivity contribution in [2.75, 3.05) is 0 Å². The van der Waals surface area contributed by atoms with Gasteiger partial charge in [0, 0.05) is 0 Å². The summed E-state index contributed by atoms with van der Waals surface area (Å²) < 4.78 is 5.50. The molecule has 2 N–H and O–H groups in total. The van der Waals surface area contributed by atoms with Gasteiger partial charge in [-0.2, -0.15) is 0 Å². The van der Waals surface area contributed by atoms with Crippen LogP contribution >= 0.6 is 0 Å². The second-order valence-electron chi connectivity index (χ2n) is 4.10. The number of para-hydroxylation sites is 1. The lowest BCUT2D eigenvalue weighted by molar-refractivity contribution is 0.0694. The Morgan fingerprint density at radius 2 is 1.79 bits per heavy atom. The number of phenols is 1. The molecule has 1 heterocycles. The van der Waals surface area contributed by atoms with Gasteiger partial charge in [0.2, 0.25) is 5.43 Å². The maximum atomic E-state index is 12.2. The average Bonchev–Trinajstić information content (AvgIpc) is 2.39. The van der Waals surface area contributed by atoms with E-state index in [9.17, 15) is 14.7 Å². The first-order chi connectivity index (χ1) is 9.08. The van der Waals surface area contributed by atoms with Gasteiger partial charge in [0.15, 0.2) is 0 Å². The highest BCUT2D eigenvalue weighted by Gasteiger charge is 2.15. The van der Waals surface area contributed by atoms with Crippen molar-refractivity contribution >= 4 is 27.9 Å². The van der Waals surface area contributed by atoms with Gasteiger partial charge in [0.25, 0.3) is 0 Å². The van der Waals surface area contributed by atoms with Crippen LogP contribution in [-0.4, -0.2) is 16.2 Å². The molecular formula is C14H8O5.